The van der Waals surface area contributed by atoms with E-state index < -0.39 is 0 Å². The van der Waals surface area contributed by atoms with Crippen LogP contribution in [0.25, 0.3) is 0 Å². The van der Waals surface area contributed by atoms with Crippen molar-refractivity contribution in [3.8, 4) is 0 Å². The highest BCUT2D eigenvalue weighted by molar-refractivity contribution is 14.0. The van der Waals surface area contributed by atoms with Crippen molar-refractivity contribution in [1.29, 1.82) is 0 Å². The highest BCUT2D eigenvalue weighted by Gasteiger charge is 2.22. The lowest BCUT2D eigenvalue weighted by Gasteiger charge is -2.38. The Hall–Kier alpha value is -0.160. The predicted molar refractivity (Wildman–Crippen MR) is 115 cm³/mol. The summed E-state index contributed by atoms with van der Waals surface area (Å²) in [6.07, 6.45) is 0. The van der Waals surface area contributed by atoms with Crippen LogP contribution in [0.1, 0.15) is 13.8 Å². The van der Waals surface area contributed by atoms with Crippen LogP contribution in [0.4, 0.5) is 0 Å². The monoisotopic (exact) mass is 468 g/mol. The maximum Gasteiger partial charge on any atom is 0.191 e. The van der Waals surface area contributed by atoms with E-state index >= 15 is 0 Å². The molecule has 0 spiro atoms. The number of halogens is 1. The van der Waals surface area contributed by atoms with Gasteiger partial charge in [-0.3, -0.25) is 14.8 Å². The molecular formula is C17H37IN6O. The van der Waals surface area contributed by atoms with E-state index in [1.165, 1.54) is 0 Å². The van der Waals surface area contributed by atoms with E-state index in [0.717, 1.165) is 71.5 Å². The molecule has 25 heavy (non-hydrogen) atoms. The molecule has 2 N–H and O–H groups in total. The number of rotatable bonds is 6. The Morgan fingerprint density at radius 3 is 2.56 bits per heavy atom. The Labute approximate surface area is 170 Å². The first kappa shape index (κ1) is 22.9. The summed E-state index contributed by atoms with van der Waals surface area (Å²) in [6.45, 7) is 14.1. The standard InChI is InChI=1S/C17H36N6O.HI/c1-5-18-17(19-12-15(2)23-8-10-24-11-9-23)20-13-16-14-21(3)6-7-22(16)4;/h15-16H,5-14H2,1-4H3,(H2,18,19,20);1H. The number of hydrogen-bond donors (Lipinski definition) is 2. The van der Waals surface area contributed by atoms with Gasteiger partial charge in [0.1, 0.15) is 0 Å². The smallest absolute Gasteiger partial charge is 0.191 e. The largest absolute Gasteiger partial charge is 0.379 e. The zero-order chi connectivity index (χ0) is 17.4. The number of nitrogens with zero attached hydrogens (tertiary/aromatic N) is 4. The Balaban J connectivity index is 0.00000312. The molecule has 2 atom stereocenters. The quantitative estimate of drug-likeness (QED) is 0.329. The zero-order valence-corrected chi connectivity index (χ0v) is 18.7. The van der Waals surface area contributed by atoms with Gasteiger partial charge in [-0.2, -0.15) is 0 Å². The van der Waals surface area contributed by atoms with Crippen LogP contribution >= 0.6 is 24.0 Å². The minimum atomic E-state index is 0. The third-order valence-corrected chi connectivity index (χ3v) is 5.01. The van der Waals surface area contributed by atoms with Crippen LogP contribution in [0.3, 0.4) is 0 Å². The molecule has 2 rings (SSSR count). The second-order valence-corrected chi connectivity index (χ2v) is 6.99. The van der Waals surface area contributed by atoms with E-state index in [-0.39, 0.29) is 24.0 Å². The summed E-state index contributed by atoms with van der Waals surface area (Å²) in [5.41, 5.74) is 0. The van der Waals surface area contributed by atoms with Crippen LogP contribution in [0.2, 0.25) is 0 Å². The summed E-state index contributed by atoms with van der Waals surface area (Å²) in [4.78, 5) is 12.1. The molecule has 0 radical (unpaired) electrons. The summed E-state index contributed by atoms with van der Waals surface area (Å²) in [5, 5.41) is 6.90. The predicted octanol–water partition coefficient (Wildman–Crippen LogP) is 0.126. The van der Waals surface area contributed by atoms with Crippen molar-refractivity contribution in [2.45, 2.75) is 25.9 Å². The Morgan fingerprint density at radius 1 is 1.16 bits per heavy atom. The Morgan fingerprint density at radius 2 is 1.88 bits per heavy atom. The van der Waals surface area contributed by atoms with Gasteiger partial charge in [-0.15, -0.1) is 24.0 Å². The van der Waals surface area contributed by atoms with Crippen molar-refractivity contribution in [2.24, 2.45) is 4.99 Å². The van der Waals surface area contributed by atoms with E-state index in [2.05, 4.69) is 53.3 Å². The van der Waals surface area contributed by atoms with Gasteiger partial charge < -0.3 is 20.3 Å². The minimum Gasteiger partial charge on any atom is -0.379 e. The molecule has 2 fully saturated rings. The molecule has 0 saturated carbocycles. The van der Waals surface area contributed by atoms with Gasteiger partial charge in [-0.25, -0.2) is 0 Å². The van der Waals surface area contributed by atoms with Crippen molar-refractivity contribution < 1.29 is 4.74 Å². The summed E-state index contributed by atoms with van der Waals surface area (Å²) in [5.74, 6) is 0.930. The molecule has 2 aliphatic rings. The molecule has 2 heterocycles. The Kier molecular flexibility index (Phi) is 11.2. The van der Waals surface area contributed by atoms with Gasteiger partial charge >= 0.3 is 0 Å². The highest BCUT2D eigenvalue weighted by atomic mass is 127. The van der Waals surface area contributed by atoms with E-state index in [1.807, 2.05) is 0 Å². The molecule has 0 aromatic heterocycles. The number of nitrogens with one attached hydrogen (secondary N) is 2. The lowest BCUT2D eigenvalue weighted by Crippen LogP contribution is -2.55. The second-order valence-electron chi connectivity index (χ2n) is 6.99. The second kappa shape index (κ2) is 12.3. The van der Waals surface area contributed by atoms with Crippen LogP contribution in [-0.4, -0.2) is 112 Å². The van der Waals surface area contributed by atoms with Crippen molar-refractivity contribution in [1.82, 2.24) is 25.3 Å². The average Bonchev–Trinajstić information content (AvgIpc) is 2.60. The third kappa shape index (κ3) is 7.94. The van der Waals surface area contributed by atoms with E-state index in [1.54, 1.807) is 0 Å². The fourth-order valence-corrected chi connectivity index (χ4v) is 3.24. The summed E-state index contributed by atoms with van der Waals surface area (Å²) >= 11 is 0. The van der Waals surface area contributed by atoms with Crippen molar-refractivity contribution in [3.63, 3.8) is 0 Å². The van der Waals surface area contributed by atoms with Crippen molar-refractivity contribution >= 4 is 29.9 Å². The normalized spacial score (nSPS) is 25.3. The third-order valence-electron chi connectivity index (χ3n) is 5.01. The molecule has 2 saturated heterocycles. The number of morpholine rings is 1. The molecule has 2 unspecified atom stereocenters. The summed E-state index contributed by atoms with van der Waals surface area (Å²) in [7, 11) is 4.41. The van der Waals surface area contributed by atoms with Gasteiger partial charge in [0.15, 0.2) is 5.96 Å². The molecule has 0 aromatic rings. The molecule has 0 aromatic carbocycles. The van der Waals surface area contributed by atoms with E-state index in [0.29, 0.717) is 12.1 Å². The molecule has 2 aliphatic heterocycles. The van der Waals surface area contributed by atoms with E-state index in [4.69, 9.17) is 9.73 Å². The van der Waals surface area contributed by atoms with Gasteiger partial charge in [0.05, 0.1) is 19.8 Å². The number of aliphatic imine (C=N–C) groups is 1. The lowest BCUT2D eigenvalue weighted by atomic mass is 10.2. The number of guanidine groups is 1. The molecule has 8 heteroatoms. The molecule has 0 bridgehead atoms. The van der Waals surface area contributed by atoms with Crippen LogP contribution in [0.5, 0.6) is 0 Å². The number of ether oxygens (including phenoxy) is 1. The van der Waals surface area contributed by atoms with Crippen LogP contribution in [0.15, 0.2) is 4.99 Å². The van der Waals surface area contributed by atoms with Gasteiger partial charge in [-0.1, -0.05) is 0 Å². The number of piperazine rings is 1. The minimum absolute atomic E-state index is 0. The maximum absolute atomic E-state index is 5.43. The lowest BCUT2D eigenvalue weighted by molar-refractivity contribution is 0.0220. The average molecular weight is 468 g/mol. The molecule has 7 nitrogen and oxygen atoms in total. The first-order chi connectivity index (χ1) is 11.6. The Bertz CT molecular complexity index is 391. The fraction of sp³-hybridized carbons (Fsp3) is 0.941. The SMILES string of the molecule is CCNC(=NCC(C)N1CCOCC1)NCC1CN(C)CCN1C.I. The molecule has 0 aliphatic carbocycles. The number of likely N-dealkylation sites (N-methyl/N-ethyl adjacent to an activating group) is 2. The molecule has 148 valence electrons. The van der Waals surface area contributed by atoms with Gasteiger partial charge in [0.25, 0.3) is 0 Å². The first-order valence-electron chi connectivity index (χ1n) is 9.33. The first-order valence-corrected chi connectivity index (χ1v) is 9.33. The van der Waals surface area contributed by atoms with Gasteiger partial charge in [-0.05, 0) is 27.9 Å². The van der Waals surface area contributed by atoms with Crippen LogP contribution in [-0.2, 0) is 4.74 Å². The topological polar surface area (TPSA) is 55.4 Å². The van der Waals surface area contributed by atoms with E-state index in [9.17, 15) is 0 Å². The summed E-state index contributed by atoms with van der Waals surface area (Å²) in [6, 6.07) is 0.983. The fourth-order valence-electron chi connectivity index (χ4n) is 3.24. The highest BCUT2D eigenvalue weighted by Crippen LogP contribution is 2.05. The molecule has 0 amide bonds. The molecular weight excluding hydrogens is 431 g/mol. The van der Waals surface area contributed by atoms with Gasteiger partial charge in [0.2, 0.25) is 0 Å². The van der Waals surface area contributed by atoms with Crippen LogP contribution < -0.4 is 10.6 Å². The van der Waals surface area contributed by atoms with Crippen molar-refractivity contribution in [3.05, 3.63) is 0 Å². The number of hydrogen-bond acceptors (Lipinski definition) is 5. The van der Waals surface area contributed by atoms with Crippen molar-refractivity contribution in [2.75, 3.05) is 79.7 Å². The van der Waals surface area contributed by atoms with Gasteiger partial charge in [0, 0.05) is 57.9 Å². The zero-order valence-electron chi connectivity index (χ0n) is 16.3. The maximum atomic E-state index is 5.43. The summed E-state index contributed by atoms with van der Waals surface area (Å²) < 4.78 is 5.43. The van der Waals surface area contributed by atoms with Crippen LogP contribution in [0, 0.1) is 0 Å².